The standard InChI is InChI=1S/C55H103NO7/c1-6-8-10-12-14-16-18-20-22-24-25-26-27-28-29-30-32-33-35-37-39-41-43-45-53(57)62-50-51(49-61-48-47-52(55(59)60)56(3,4)5)63-54(58)46-44-42-40-38-36-34-31-23-21-19-17-15-13-11-9-7-2/h25-26,28-29,51-52H,6-24,27,30-50H2,1-5H3/b26-25+,29-28+. The van der Waals surface area contributed by atoms with Gasteiger partial charge in [-0.15, -0.1) is 0 Å². The fourth-order valence-corrected chi connectivity index (χ4v) is 8.16. The van der Waals surface area contributed by atoms with Crippen LogP contribution in [0.4, 0.5) is 0 Å². The summed E-state index contributed by atoms with van der Waals surface area (Å²) in [6.07, 6.45) is 53.5. The Morgan fingerprint density at radius 2 is 0.841 bits per heavy atom. The van der Waals surface area contributed by atoms with Gasteiger partial charge in [0, 0.05) is 19.3 Å². The van der Waals surface area contributed by atoms with Crippen molar-refractivity contribution in [1.82, 2.24) is 0 Å². The number of ether oxygens (including phenoxy) is 3. The minimum Gasteiger partial charge on any atom is -0.544 e. The average Bonchev–Trinajstić information content (AvgIpc) is 3.24. The lowest BCUT2D eigenvalue weighted by Crippen LogP contribution is -2.55. The van der Waals surface area contributed by atoms with E-state index in [1.165, 1.54) is 173 Å². The van der Waals surface area contributed by atoms with Gasteiger partial charge < -0.3 is 28.6 Å². The Balaban J connectivity index is 4.19. The Morgan fingerprint density at radius 3 is 1.22 bits per heavy atom. The summed E-state index contributed by atoms with van der Waals surface area (Å²) in [6, 6.07) is -0.725. The summed E-state index contributed by atoms with van der Waals surface area (Å²) in [5.41, 5.74) is 0. The van der Waals surface area contributed by atoms with Crippen molar-refractivity contribution in [2.24, 2.45) is 0 Å². The number of carbonyl (C=O) groups excluding carboxylic acids is 3. The molecule has 8 nitrogen and oxygen atoms in total. The molecule has 0 aromatic carbocycles. The highest BCUT2D eigenvalue weighted by atomic mass is 16.6. The van der Waals surface area contributed by atoms with Gasteiger partial charge in [0.1, 0.15) is 12.6 Å². The number of esters is 2. The summed E-state index contributed by atoms with van der Waals surface area (Å²) in [4.78, 5) is 37.0. The summed E-state index contributed by atoms with van der Waals surface area (Å²) in [6.45, 7) is 4.70. The molecule has 0 N–H and O–H groups in total. The van der Waals surface area contributed by atoms with Gasteiger partial charge >= 0.3 is 11.9 Å². The summed E-state index contributed by atoms with van der Waals surface area (Å²) < 4.78 is 17.3. The van der Waals surface area contributed by atoms with Crippen molar-refractivity contribution in [3.8, 4) is 0 Å². The van der Waals surface area contributed by atoms with Crippen LogP contribution < -0.4 is 5.11 Å². The van der Waals surface area contributed by atoms with Gasteiger partial charge in [-0.1, -0.05) is 218 Å². The fourth-order valence-electron chi connectivity index (χ4n) is 8.16. The van der Waals surface area contributed by atoms with Gasteiger partial charge in [0.15, 0.2) is 6.10 Å². The number of hydrogen-bond acceptors (Lipinski definition) is 7. The van der Waals surface area contributed by atoms with Crippen LogP contribution in [-0.2, 0) is 28.6 Å². The molecule has 2 unspecified atom stereocenters. The molecule has 0 saturated carbocycles. The van der Waals surface area contributed by atoms with Crippen LogP contribution in [0, 0.1) is 0 Å². The smallest absolute Gasteiger partial charge is 0.306 e. The SMILES string of the molecule is CCCCCCCCCCC/C=C/C/C=C/CCCCCCCCCC(=O)OCC(COCCC(C(=O)[O-])[N+](C)(C)C)OC(=O)CCCCCCCCCCCCCCCCCC. The minimum atomic E-state index is -1.12. The third-order valence-electron chi connectivity index (χ3n) is 12.3. The molecule has 63 heavy (non-hydrogen) atoms. The van der Waals surface area contributed by atoms with Crippen molar-refractivity contribution in [3.05, 3.63) is 24.3 Å². The van der Waals surface area contributed by atoms with Crippen LogP contribution in [0.15, 0.2) is 24.3 Å². The predicted octanol–water partition coefficient (Wildman–Crippen LogP) is 14.3. The van der Waals surface area contributed by atoms with Crippen LogP contribution in [0.2, 0.25) is 0 Å². The third-order valence-corrected chi connectivity index (χ3v) is 12.3. The van der Waals surface area contributed by atoms with Crippen molar-refractivity contribution in [2.75, 3.05) is 41.0 Å². The van der Waals surface area contributed by atoms with E-state index >= 15 is 0 Å². The molecule has 0 aromatic heterocycles. The number of allylic oxidation sites excluding steroid dienone is 4. The zero-order valence-electron chi connectivity index (χ0n) is 42.3. The van der Waals surface area contributed by atoms with Crippen LogP contribution in [0.5, 0.6) is 0 Å². The number of rotatable bonds is 49. The average molecular weight is 890 g/mol. The van der Waals surface area contributed by atoms with Crippen LogP contribution in [-0.4, -0.2) is 75.5 Å². The van der Waals surface area contributed by atoms with Gasteiger partial charge in [0.25, 0.3) is 0 Å². The molecule has 0 radical (unpaired) electrons. The van der Waals surface area contributed by atoms with Gasteiger partial charge in [-0.25, -0.2) is 0 Å². The molecule has 2 atom stereocenters. The zero-order chi connectivity index (χ0) is 46.3. The van der Waals surface area contributed by atoms with Crippen molar-refractivity contribution >= 4 is 17.9 Å². The molecular formula is C55H103NO7. The maximum Gasteiger partial charge on any atom is 0.306 e. The number of hydrogen-bond donors (Lipinski definition) is 0. The van der Waals surface area contributed by atoms with E-state index in [1.54, 1.807) is 0 Å². The second kappa shape index (κ2) is 46.3. The number of likely N-dealkylation sites (N-methyl/N-ethyl adjacent to an activating group) is 1. The van der Waals surface area contributed by atoms with Gasteiger partial charge in [-0.3, -0.25) is 9.59 Å². The highest BCUT2D eigenvalue weighted by Crippen LogP contribution is 2.16. The summed E-state index contributed by atoms with van der Waals surface area (Å²) in [5, 5.41) is 11.7. The number of unbranched alkanes of at least 4 members (excludes halogenated alkanes) is 31. The Labute approximate surface area is 390 Å². The lowest BCUT2D eigenvalue weighted by Gasteiger charge is -2.34. The van der Waals surface area contributed by atoms with Crippen LogP contribution in [0.25, 0.3) is 0 Å². The molecule has 0 aliphatic carbocycles. The molecule has 0 aliphatic rings. The minimum absolute atomic E-state index is 0.0428. The van der Waals surface area contributed by atoms with Gasteiger partial charge in [0.05, 0.1) is 40.3 Å². The normalized spacial score (nSPS) is 13.0. The number of carboxylic acid groups (broad SMARTS) is 1. The first-order valence-electron chi connectivity index (χ1n) is 26.9. The van der Waals surface area contributed by atoms with Gasteiger partial charge in [-0.05, 0) is 44.9 Å². The lowest BCUT2D eigenvalue weighted by molar-refractivity contribution is -0.889. The van der Waals surface area contributed by atoms with Gasteiger partial charge in [0.2, 0.25) is 0 Å². The molecule has 0 bridgehead atoms. The molecule has 0 aromatic rings. The Bertz CT molecular complexity index is 1080. The highest BCUT2D eigenvalue weighted by Gasteiger charge is 2.25. The molecule has 0 aliphatic heterocycles. The second-order valence-corrected chi connectivity index (χ2v) is 19.5. The largest absolute Gasteiger partial charge is 0.544 e. The Morgan fingerprint density at radius 1 is 0.476 bits per heavy atom. The number of carbonyl (C=O) groups is 3. The quantitative estimate of drug-likeness (QED) is 0.0259. The molecule has 0 fully saturated rings. The monoisotopic (exact) mass is 890 g/mol. The lowest BCUT2D eigenvalue weighted by atomic mass is 10.0. The highest BCUT2D eigenvalue weighted by molar-refractivity contribution is 5.70. The van der Waals surface area contributed by atoms with Crippen LogP contribution in [0.1, 0.15) is 258 Å². The Kier molecular flexibility index (Phi) is 44.7. The van der Waals surface area contributed by atoms with Crippen LogP contribution in [0.3, 0.4) is 0 Å². The zero-order valence-corrected chi connectivity index (χ0v) is 42.3. The molecular weight excluding hydrogens is 787 g/mol. The van der Waals surface area contributed by atoms with Gasteiger partial charge in [-0.2, -0.15) is 0 Å². The van der Waals surface area contributed by atoms with E-state index in [-0.39, 0.29) is 42.7 Å². The molecule has 0 saturated heterocycles. The molecule has 370 valence electrons. The molecule has 0 rings (SSSR count). The third kappa shape index (κ3) is 44.8. The number of quaternary nitrogens is 1. The van der Waals surface area contributed by atoms with E-state index in [0.717, 1.165) is 51.4 Å². The number of aliphatic carboxylic acids is 1. The molecule has 8 heteroatoms. The van der Waals surface area contributed by atoms with E-state index < -0.39 is 18.1 Å². The van der Waals surface area contributed by atoms with E-state index in [4.69, 9.17) is 14.2 Å². The van der Waals surface area contributed by atoms with Crippen molar-refractivity contribution in [3.63, 3.8) is 0 Å². The maximum atomic E-state index is 12.8. The molecule has 0 amide bonds. The Hall–Kier alpha value is -2.19. The topological polar surface area (TPSA) is 102 Å². The maximum absolute atomic E-state index is 12.8. The van der Waals surface area contributed by atoms with Crippen molar-refractivity contribution < 1.29 is 38.2 Å². The van der Waals surface area contributed by atoms with Crippen molar-refractivity contribution in [1.29, 1.82) is 0 Å². The number of carboxylic acids is 1. The first-order chi connectivity index (χ1) is 30.6. The summed E-state index contributed by atoms with van der Waals surface area (Å²) in [7, 11) is 5.42. The van der Waals surface area contributed by atoms with E-state index in [2.05, 4.69) is 38.2 Å². The first kappa shape index (κ1) is 60.8. The second-order valence-electron chi connectivity index (χ2n) is 19.5. The molecule has 0 spiro atoms. The predicted molar refractivity (Wildman–Crippen MR) is 264 cm³/mol. The van der Waals surface area contributed by atoms with E-state index in [0.29, 0.717) is 12.8 Å². The van der Waals surface area contributed by atoms with E-state index in [1.807, 2.05) is 21.1 Å². The first-order valence-corrected chi connectivity index (χ1v) is 26.9. The molecule has 0 heterocycles. The summed E-state index contributed by atoms with van der Waals surface area (Å²) in [5.74, 6) is -1.73. The number of nitrogens with zero attached hydrogens (tertiary/aromatic N) is 1. The fraction of sp³-hybridized carbons (Fsp3) is 0.873. The van der Waals surface area contributed by atoms with Crippen molar-refractivity contribution in [2.45, 2.75) is 270 Å². The van der Waals surface area contributed by atoms with E-state index in [9.17, 15) is 19.5 Å². The summed E-state index contributed by atoms with van der Waals surface area (Å²) >= 11 is 0. The van der Waals surface area contributed by atoms with Crippen LogP contribution >= 0.6 is 0 Å².